The van der Waals surface area contributed by atoms with Crippen LogP contribution in [0.25, 0.3) is 22.4 Å². The minimum atomic E-state index is -0.350. The van der Waals surface area contributed by atoms with E-state index in [1.165, 1.54) is 12.1 Å². The summed E-state index contributed by atoms with van der Waals surface area (Å²) in [7, 11) is 0. The van der Waals surface area contributed by atoms with Gasteiger partial charge in [-0.25, -0.2) is 9.37 Å². The standard InChI is InChI=1S/C18H17FN4O/c1-11(2)24-17-15(12-6-8-21-9-7-12)16(22-18(20)23-17)13-4-3-5-14(19)10-13/h3-11H,1-2H3,(H2,20,22,23). The van der Waals surface area contributed by atoms with E-state index in [0.717, 1.165) is 5.56 Å². The van der Waals surface area contributed by atoms with Crippen LogP contribution in [-0.2, 0) is 0 Å². The van der Waals surface area contributed by atoms with Gasteiger partial charge >= 0.3 is 0 Å². The molecule has 0 atom stereocenters. The van der Waals surface area contributed by atoms with Crippen molar-refractivity contribution in [3.05, 3.63) is 54.6 Å². The first-order chi connectivity index (χ1) is 11.5. The van der Waals surface area contributed by atoms with Gasteiger partial charge in [0.25, 0.3) is 0 Å². The summed E-state index contributed by atoms with van der Waals surface area (Å²) in [6.07, 6.45) is 3.24. The van der Waals surface area contributed by atoms with Crippen molar-refractivity contribution in [2.75, 3.05) is 5.73 Å². The monoisotopic (exact) mass is 324 g/mol. The highest BCUT2D eigenvalue weighted by molar-refractivity contribution is 5.84. The number of pyridine rings is 1. The van der Waals surface area contributed by atoms with Crippen molar-refractivity contribution in [2.24, 2.45) is 0 Å². The number of hydrogen-bond acceptors (Lipinski definition) is 5. The lowest BCUT2D eigenvalue weighted by atomic mass is 10.0. The molecule has 2 N–H and O–H groups in total. The van der Waals surface area contributed by atoms with Crippen LogP contribution in [0.1, 0.15) is 13.8 Å². The molecule has 6 heteroatoms. The molecule has 24 heavy (non-hydrogen) atoms. The van der Waals surface area contributed by atoms with E-state index >= 15 is 0 Å². The van der Waals surface area contributed by atoms with Gasteiger partial charge in [-0.3, -0.25) is 4.98 Å². The summed E-state index contributed by atoms with van der Waals surface area (Å²) < 4.78 is 19.5. The summed E-state index contributed by atoms with van der Waals surface area (Å²) in [5, 5.41) is 0. The number of hydrogen-bond donors (Lipinski definition) is 1. The predicted molar refractivity (Wildman–Crippen MR) is 90.8 cm³/mol. The molecule has 5 nitrogen and oxygen atoms in total. The SMILES string of the molecule is CC(C)Oc1nc(N)nc(-c2cccc(F)c2)c1-c1ccncc1. The molecule has 3 aromatic rings. The van der Waals surface area contributed by atoms with Crippen LogP contribution in [0.4, 0.5) is 10.3 Å². The molecule has 122 valence electrons. The summed E-state index contributed by atoms with van der Waals surface area (Å²) in [5.41, 5.74) is 8.45. The minimum Gasteiger partial charge on any atom is -0.474 e. The first kappa shape index (κ1) is 15.9. The number of nitrogen functional groups attached to an aromatic ring is 1. The minimum absolute atomic E-state index is 0.0720. The van der Waals surface area contributed by atoms with E-state index in [4.69, 9.17) is 10.5 Å². The Labute approximate surface area is 139 Å². The summed E-state index contributed by atoms with van der Waals surface area (Å²) in [5.74, 6) is 0.0855. The van der Waals surface area contributed by atoms with Crippen LogP contribution in [0.2, 0.25) is 0 Å². The second-order valence-corrected chi connectivity index (χ2v) is 5.52. The fourth-order valence-corrected chi connectivity index (χ4v) is 2.39. The first-order valence-corrected chi connectivity index (χ1v) is 7.55. The van der Waals surface area contributed by atoms with E-state index in [0.29, 0.717) is 22.7 Å². The highest BCUT2D eigenvalue weighted by atomic mass is 19.1. The largest absolute Gasteiger partial charge is 0.474 e. The Morgan fingerprint density at radius 1 is 1.04 bits per heavy atom. The van der Waals surface area contributed by atoms with Crippen molar-refractivity contribution >= 4 is 5.95 Å². The second-order valence-electron chi connectivity index (χ2n) is 5.52. The molecule has 0 saturated carbocycles. The summed E-state index contributed by atoms with van der Waals surface area (Å²) in [4.78, 5) is 12.6. The van der Waals surface area contributed by atoms with E-state index in [1.54, 1.807) is 24.5 Å². The topological polar surface area (TPSA) is 73.9 Å². The Hall–Kier alpha value is -3.02. The van der Waals surface area contributed by atoms with Crippen molar-refractivity contribution in [3.8, 4) is 28.3 Å². The summed E-state index contributed by atoms with van der Waals surface area (Å²) in [6.45, 7) is 3.80. The molecule has 3 rings (SSSR count). The number of nitrogens with two attached hydrogens (primary N) is 1. The average Bonchev–Trinajstić information content (AvgIpc) is 2.54. The Morgan fingerprint density at radius 2 is 1.79 bits per heavy atom. The molecule has 2 heterocycles. The van der Waals surface area contributed by atoms with Crippen LogP contribution in [0, 0.1) is 5.82 Å². The quantitative estimate of drug-likeness (QED) is 0.792. The van der Waals surface area contributed by atoms with Crippen molar-refractivity contribution in [3.63, 3.8) is 0 Å². The van der Waals surface area contributed by atoms with Gasteiger partial charge in [-0.1, -0.05) is 12.1 Å². The van der Waals surface area contributed by atoms with E-state index in [9.17, 15) is 4.39 Å². The maximum Gasteiger partial charge on any atom is 0.227 e. The lowest BCUT2D eigenvalue weighted by Gasteiger charge is -2.17. The molecule has 0 aliphatic rings. The number of nitrogens with zero attached hydrogens (tertiary/aromatic N) is 3. The summed E-state index contributed by atoms with van der Waals surface area (Å²) in [6, 6.07) is 9.84. The molecule has 2 aromatic heterocycles. The zero-order chi connectivity index (χ0) is 17.1. The van der Waals surface area contributed by atoms with Crippen LogP contribution in [-0.4, -0.2) is 21.1 Å². The van der Waals surface area contributed by atoms with Crippen LogP contribution < -0.4 is 10.5 Å². The van der Waals surface area contributed by atoms with E-state index in [2.05, 4.69) is 15.0 Å². The van der Waals surface area contributed by atoms with Crippen molar-refractivity contribution < 1.29 is 9.13 Å². The molecule has 0 spiro atoms. The smallest absolute Gasteiger partial charge is 0.227 e. The molecule has 0 bridgehead atoms. The van der Waals surface area contributed by atoms with Gasteiger partial charge in [-0.05, 0) is 43.7 Å². The lowest BCUT2D eigenvalue weighted by Crippen LogP contribution is -2.11. The zero-order valence-electron chi connectivity index (χ0n) is 13.4. The second kappa shape index (κ2) is 6.62. The third-order valence-corrected chi connectivity index (χ3v) is 3.31. The molecule has 0 fully saturated rings. The van der Waals surface area contributed by atoms with Gasteiger partial charge in [0.05, 0.1) is 17.4 Å². The molecule has 0 saturated heterocycles. The fourth-order valence-electron chi connectivity index (χ4n) is 2.39. The Kier molecular flexibility index (Phi) is 4.37. The number of ether oxygens (including phenoxy) is 1. The molecule has 1 aromatic carbocycles. The van der Waals surface area contributed by atoms with E-state index in [-0.39, 0.29) is 17.9 Å². The molecule has 0 unspecified atom stereocenters. The first-order valence-electron chi connectivity index (χ1n) is 7.55. The van der Waals surface area contributed by atoms with Crippen LogP contribution >= 0.6 is 0 Å². The van der Waals surface area contributed by atoms with Crippen molar-refractivity contribution in [1.29, 1.82) is 0 Å². The van der Waals surface area contributed by atoms with Crippen LogP contribution in [0.5, 0.6) is 5.88 Å². The van der Waals surface area contributed by atoms with Gasteiger partial charge in [0.15, 0.2) is 0 Å². The van der Waals surface area contributed by atoms with Crippen molar-refractivity contribution in [2.45, 2.75) is 20.0 Å². The lowest BCUT2D eigenvalue weighted by molar-refractivity contribution is 0.234. The third-order valence-electron chi connectivity index (χ3n) is 3.31. The highest BCUT2D eigenvalue weighted by Crippen LogP contribution is 2.37. The molecular formula is C18H17FN4O. The number of halogens is 1. The Balaban J connectivity index is 2.29. The normalized spacial score (nSPS) is 10.8. The third kappa shape index (κ3) is 3.32. The highest BCUT2D eigenvalue weighted by Gasteiger charge is 2.19. The van der Waals surface area contributed by atoms with Gasteiger partial charge in [-0.15, -0.1) is 0 Å². The van der Waals surface area contributed by atoms with Gasteiger partial charge in [-0.2, -0.15) is 4.98 Å². The number of aromatic nitrogens is 3. The fraction of sp³-hybridized carbons (Fsp3) is 0.167. The van der Waals surface area contributed by atoms with Crippen molar-refractivity contribution in [1.82, 2.24) is 15.0 Å². The Bertz CT molecular complexity index is 853. The number of rotatable bonds is 4. The van der Waals surface area contributed by atoms with Gasteiger partial charge in [0, 0.05) is 18.0 Å². The van der Waals surface area contributed by atoms with Gasteiger partial charge in [0.1, 0.15) is 5.82 Å². The molecular weight excluding hydrogens is 307 g/mol. The average molecular weight is 324 g/mol. The zero-order valence-corrected chi connectivity index (χ0v) is 13.4. The molecule has 0 amide bonds. The maximum atomic E-state index is 13.7. The van der Waals surface area contributed by atoms with Crippen LogP contribution in [0.15, 0.2) is 48.8 Å². The number of anilines is 1. The Morgan fingerprint density at radius 3 is 2.46 bits per heavy atom. The van der Waals surface area contributed by atoms with E-state index in [1.807, 2.05) is 26.0 Å². The predicted octanol–water partition coefficient (Wildman–Crippen LogP) is 3.71. The van der Waals surface area contributed by atoms with E-state index < -0.39 is 0 Å². The van der Waals surface area contributed by atoms with Crippen LogP contribution in [0.3, 0.4) is 0 Å². The van der Waals surface area contributed by atoms with Gasteiger partial charge < -0.3 is 10.5 Å². The molecule has 0 aliphatic heterocycles. The number of benzene rings is 1. The summed E-state index contributed by atoms with van der Waals surface area (Å²) >= 11 is 0. The molecule has 0 radical (unpaired) electrons. The molecule has 0 aliphatic carbocycles. The van der Waals surface area contributed by atoms with Gasteiger partial charge in [0.2, 0.25) is 11.8 Å². The maximum absolute atomic E-state index is 13.7.